The second kappa shape index (κ2) is 6.03. The topological polar surface area (TPSA) is 89.7 Å². The Hall–Kier alpha value is -1.60. The SMILES string of the molecule is CCOC(=O)CN(C1CC1)S(=O)(=O)c1ccc(N)cc1C. The van der Waals surface area contributed by atoms with Crippen LogP contribution in [0.3, 0.4) is 0 Å². The molecule has 0 spiro atoms. The van der Waals surface area contributed by atoms with E-state index in [2.05, 4.69) is 0 Å². The zero-order chi connectivity index (χ0) is 15.6. The van der Waals surface area contributed by atoms with E-state index in [-0.39, 0.29) is 24.1 Å². The third-order valence-electron chi connectivity index (χ3n) is 3.33. The van der Waals surface area contributed by atoms with Crippen molar-refractivity contribution in [2.24, 2.45) is 0 Å². The zero-order valence-electron chi connectivity index (χ0n) is 12.2. The van der Waals surface area contributed by atoms with Gasteiger partial charge < -0.3 is 10.5 Å². The fourth-order valence-electron chi connectivity index (χ4n) is 2.20. The number of carbonyl (C=O) groups excluding carboxylic acids is 1. The van der Waals surface area contributed by atoms with Gasteiger partial charge in [0.05, 0.1) is 11.5 Å². The van der Waals surface area contributed by atoms with E-state index >= 15 is 0 Å². The second-order valence-corrected chi connectivity index (χ2v) is 6.97. The molecule has 0 unspecified atom stereocenters. The number of rotatable bonds is 6. The molecule has 6 nitrogen and oxygen atoms in total. The molecule has 0 atom stereocenters. The first-order valence-corrected chi connectivity index (χ1v) is 8.34. The quantitative estimate of drug-likeness (QED) is 0.631. The van der Waals surface area contributed by atoms with Crippen LogP contribution in [0.4, 0.5) is 5.69 Å². The Morgan fingerprint density at radius 3 is 2.62 bits per heavy atom. The van der Waals surface area contributed by atoms with Crippen LogP contribution in [0.1, 0.15) is 25.3 Å². The van der Waals surface area contributed by atoms with Crippen LogP contribution in [0.15, 0.2) is 23.1 Å². The van der Waals surface area contributed by atoms with Gasteiger partial charge in [-0.15, -0.1) is 0 Å². The van der Waals surface area contributed by atoms with Crippen LogP contribution in [-0.4, -0.2) is 37.9 Å². The van der Waals surface area contributed by atoms with Crippen LogP contribution >= 0.6 is 0 Å². The maximum absolute atomic E-state index is 12.8. The number of carbonyl (C=O) groups is 1. The molecule has 1 aromatic carbocycles. The number of hydrogen-bond donors (Lipinski definition) is 1. The van der Waals surface area contributed by atoms with Crippen molar-refractivity contribution in [2.75, 3.05) is 18.9 Å². The molecule has 1 saturated carbocycles. The van der Waals surface area contributed by atoms with Crippen LogP contribution < -0.4 is 5.73 Å². The maximum Gasteiger partial charge on any atom is 0.321 e. The molecule has 0 aliphatic heterocycles. The summed E-state index contributed by atoms with van der Waals surface area (Å²) in [6.45, 7) is 3.37. The molecule has 0 radical (unpaired) electrons. The van der Waals surface area contributed by atoms with Gasteiger partial charge >= 0.3 is 5.97 Å². The molecule has 1 aromatic rings. The lowest BCUT2D eigenvalue weighted by molar-refractivity contribution is -0.143. The number of nitrogens with two attached hydrogens (primary N) is 1. The van der Waals surface area contributed by atoms with Crippen LogP contribution in [0, 0.1) is 6.92 Å². The molecule has 0 aromatic heterocycles. The highest BCUT2D eigenvalue weighted by atomic mass is 32.2. The van der Waals surface area contributed by atoms with E-state index in [1.165, 1.54) is 10.4 Å². The molecular weight excluding hydrogens is 292 g/mol. The normalized spacial score (nSPS) is 15.2. The number of aryl methyl sites for hydroxylation is 1. The standard InChI is InChI=1S/C14H20N2O4S/c1-3-20-14(17)9-16(12-5-6-12)21(18,19)13-7-4-11(15)8-10(13)2/h4,7-8,12H,3,5-6,9,15H2,1-2H3. The van der Waals surface area contributed by atoms with Gasteiger partial charge in [0.25, 0.3) is 0 Å². The summed E-state index contributed by atoms with van der Waals surface area (Å²) in [5, 5.41) is 0. The summed E-state index contributed by atoms with van der Waals surface area (Å²) in [6, 6.07) is 4.54. The molecular formula is C14H20N2O4S. The summed E-state index contributed by atoms with van der Waals surface area (Å²) in [4.78, 5) is 11.8. The van der Waals surface area contributed by atoms with Gasteiger partial charge in [-0.2, -0.15) is 4.31 Å². The average Bonchev–Trinajstić information content (AvgIpc) is 3.19. The van der Waals surface area contributed by atoms with Crippen molar-refractivity contribution >= 4 is 21.7 Å². The average molecular weight is 312 g/mol. The van der Waals surface area contributed by atoms with Crippen molar-refractivity contribution in [3.63, 3.8) is 0 Å². The van der Waals surface area contributed by atoms with Crippen LogP contribution in [0.2, 0.25) is 0 Å². The van der Waals surface area contributed by atoms with Crippen molar-refractivity contribution in [3.05, 3.63) is 23.8 Å². The molecule has 1 aliphatic carbocycles. The predicted octanol–water partition coefficient (Wildman–Crippen LogP) is 1.29. The number of nitrogens with zero attached hydrogens (tertiary/aromatic N) is 1. The number of esters is 1. The lowest BCUT2D eigenvalue weighted by Crippen LogP contribution is -2.38. The minimum atomic E-state index is -3.72. The fourth-order valence-corrected chi connectivity index (χ4v) is 4.03. The van der Waals surface area contributed by atoms with Gasteiger partial charge in [0.1, 0.15) is 6.54 Å². The second-order valence-electron chi connectivity index (χ2n) is 5.11. The van der Waals surface area contributed by atoms with Crippen molar-refractivity contribution in [1.29, 1.82) is 0 Å². The summed E-state index contributed by atoms with van der Waals surface area (Å²) in [6.07, 6.45) is 1.54. The molecule has 0 bridgehead atoms. The molecule has 1 aliphatic rings. The minimum Gasteiger partial charge on any atom is -0.465 e. The smallest absolute Gasteiger partial charge is 0.321 e. The van der Waals surface area contributed by atoms with E-state index < -0.39 is 16.0 Å². The van der Waals surface area contributed by atoms with E-state index in [0.717, 1.165) is 12.8 Å². The number of benzene rings is 1. The Bertz CT molecular complexity index is 638. The summed E-state index contributed by atoms with van der Waals surface area (Å²) in [7, 11) is -3.72. The maximum atomic E-state index is 12.8. The van der Waals surface area contributed by atoms with E-state index in [1.807, 2.05) is 0 Å². The van der Waals surface area contributed by atoms with E-state index in [1.54, 1.807) is 26.0 Å². The van der Waals surface area contributed by atoms with Crippen molar-refractivity contribution < 1.29 is 17.9 Å². The molecule has 0 heterocycles. The molecule has 1 fully saturated rings. The minimum absolute atomic E-state index is 0.114. The molecule has 2 N–H and O–H groups in total. The fraction of sp³-hybridized carbons (Fsp3) is 0.500. The van der Waals surface area contributed by atoms with Gasteiger partial charge in [-0.05, 0) is 50.5 Å². The largest absolute Gasteiger partial charge is 0.465 e. The highest BCUT2D eigenvalue weighted by molar-refractivity contribution is 7.89. The molecule has 7 heteroatoms. The van der Waals surface area contributed by atoms with Crippen LogP contribution in [0.5, 0.6) is 0 Å². The summed E-state index contributed by atoms with van der Waals surface area (Å²) < 4.78 is 31.6. The van der Waals surface area contributed by atoms with E-state index in [9.17, 15) is 13.2 Å². The lowest BCUT2D eigenvalue weighted by atomic mass is 10.2. The lowest BCUT2D eigenvalue weighted by Gasteiger charge is -2.22. The molecule has 21 heavy (non-hydrogen) atoms. The summed E-state index contributed by atoms with van der Waals surface area (Å²) in [5.74, 6) is -0.527. The first-order chi connectivity index (χ1) is 9.86. The number of sulfonamides is 1. The van der Waals surface area contributed by atoms with Gasteiger partial charge in [-0.3, -0.25) is 4.79 Å². The van der Waals surface area contributed by atoms with Crippen molar-refractivity contribution in [2.45, 2.75) is 37.6 Å². The zero-order valence-corrected chi connectivity index (χ0v) is 13.0. The number of anilines is 1. The van der Waals surface area contributed by atoms with Crippen LogP contribution in [-0.2, 0) is 19.6 Å². The van der Waals surface area contributed by atoms with Gasteiger partial charge in [-0.1, -0.05) is 0 Å². The first-order valence-electron chi connectivity index (χ1n) is 6.90. The number of hydrogen-bond acceptors (Lipinski definition) is 5. The Morgan fingerprint density at radius 2 is 2.10 bits per heavy atom. The van der Waals surface area contributed by atoms with Gasteiger partial charge in [0.2, 0.25) is 10.0 Å². The van der Waals surface area contributed by atoms with Gasteiger partial charge in [0.15, 0.2) is 0 Å². The van der Waals surface area contributed by atoms with E-state index in [0.29, 0.717) is 11.3 Å². The van der Waals surface area contributed by atoms with Gasteiger partial charge in [-0.25, -0.2) is 8.42 Å². The Morgan fingerprint density at radius 1 is 1.43 bits per heavy atom. The van der Waals surface area contributed by atoms with Crippen LogP contribution in [0.25, 0.3) is 0 Å². The third kappa shape index (κ3) is 3.54. The third-order valence-corrected chi connectivity index (χ3v) is 5.39. The van der Waals surface area contributed by atoms with Crippen molar-refractivity contribution in [1.82, 2.24) is 4.31 Å². The number of nitrogen functional groups attached to an aromatic ring is 1. The van der Waals surface area contributed by atoms with Crippen molar-refractivity contribution in [3.8, 4) is 0 Å². The highest BCUT2D eigenvalue weighted by Gasteiger charge is 2.40. The Balaban J connectivity index is 2.31. The van der Waals surface area contributed by atoms with Gasteiger partial charge in [0, 0.05) is 11.7 Å². The Labute approximate surface area is 124 Å². The Kier molecular flexibility index (Phi) is 4.53. The summed E-state index contributed by atoms with van der Waals surface area (Å²) >= 11 is 0. The molecule has 116 valence electrons. The number of ether oxygens (including phenoxy) is 1. The molecule has 0 amide bonds. The molecule has 0 saturated heterocycles. The predicted molar refractivity (Wildman–Crippen MR) is 79.1 cm³/mol. The first kappa shape index (κ1) is 15.8. The van der Waals surface area contributed by atoms with E-state index in [4.69, 9.17) is 10.5 Å². The monoisotopic (exact) mass is 312 g/mol. The molecule has 2 rings (SSSR count). The summed E-state index contributed by atoms with van der Waals surface area (Å²) in [5.41, 5.74) is 6.74. The highest BCUT2D eigenvalue weighted by Crippen LogP contribution is 2.33.